The Hall–Kier alpha value is -3.26. The van der Waals surface area contributed by atoms with Crippen LogP contribution in [0.5, 0.6) is 11.6 Å². The van der Waals surface area contributed by atoms with Gasteiger partial charge in [0.1, 0.15) is 12.1 Å². The number of nitrogens with one attached hydrogen (secondary N) is 1. The molecule has 8 heteroatoms. The highest BCUT2D eigenvalue weighted by Crippen LogP contribution is 2.34. The molecule has 0 spiro atoms. The van der Waals surface area contributed by atoms with E-state index in [0.29, 0.717) is 18.9 Å². The van der Waals surface area contributed by atoms with Crippen LogP contribution >= 0.6 is 0 Å². The Morgan fingerprint density at radius 3 is 2.72 bits per heavy atom. The van der Waals surface area contributed by atoms with E-state index in [9.17, 15) is 10.1 Å². The average molecular weight is 340 g/mol. The maximum Gasteiger partial charge on any atom is 0.373 e. The molecule has 1 heterocycles. The fraction of sp³-hybridized carbons (Fsp3) is 0.176. The van der Waals surface area contributed by atoms with Crippen molar-refractivity contribution in [2.45, 2.75) is 0 Å². The van der Waals surface area contributed by atoms with Gasteiger partial charge in [0.25, 0.3) is 0 Å². The predicted octanol–water partition coefficient (Wildman–Crippen LogP) is 3.39. The zero-order valence-corrected chi connectivity index (χ0v) is 13.5. The summed E-state index contributed by atoms with van der Waals surface area (Å²) in [5.41, 5.74) is -0.313. The lowest BCUT2D eigenvalue weighted by Gasteiger charge is -2.09. The molecule has 0 radical (unpaired) electrons. The van der Waals surface area contributed by atoms with Gasteiger partial charge in [-0.25, -0.2) is 4.98 Å². The molecule has 3 rings (SSSR count). The molecule has 0 aliphatic heterocycles. The van der Waals surface area contributed by atoms with Gasteiger partial charge in [0.15, 0.2) is 0 Å². The number of methoxy groups -OCH3 is 1. The number of aromatic nitrogens is 2. The first kappa shape index (κ1) is 16.6. The fourth-order valence-electron chi connectivity index (χ4n) is 2.35. The summed E-state index contributed by atoms with van der Waals surface area (Å²) in [6, 6.07) is 13.2. The van der Waals surface area contributed by atoms with Crippen molar-refractivity contribution in [1.29, 1.82) is 0 Å². The van der Waals surface area contributed by atoms with E-state index in [1.165, 1.54) is 6.33 Å². The normalized spacial score (nSPS) is 10.6. The van der Waals surface area contributed by atoms with E-state index < -0.39 is 4.92 Å². The number of nitro groups is 1. The highest BCUT2D eigenvalue weighted by Gasteiger charge is 2.24. The number of ether oxygens (including phenoxy) is 2. The molecule has 0 unspecified atom stereocenters. The minimum Gasteiger partial charge on any atom is -0.434 e. The van der Waals surface area contributed by atoms with Gasteiger partial charge in [0.05, 0.1) is 11.5 Å². The summed E-state index contributed by atoms with van der Waals surface area (Å²) < 4.78 is 10.6. The molecule has 1 N–H and O–H groups in total. The second-order valence-corrected chi connectivity index (χ2v) is 5.16. The van der Waals surface area contributed by atoms with Crippen LogP contribution in [0.2, 0.25) is 0 Å². The molecule has 0 aliphatic rings. The van der Waals surface area contributed by atoms with Crippen molar-refractivity contribution in [3.63, 3.8) is 0 Å². The number of nitrogens with zero attached hydrogens (tertiary/aromatic N) is 3. The summed E-state index contributed by atoms with van der Waals surface area (Å²) in [6.45, 7) is 0.770. The Bertz CT molecular complexity index is 901. The molecule has 2 aromatic carbocycles. The smallest absolute Gasteiger partial charge is 0.373 e. The molecule has 8 nitrogen and oxygen atoms in total. The van der Waals surface area contributed by atoms with Crippen molar-refractivity contribution in [2.24, 2.45) is 0 Å². The third kappa shape index (κ3) is 3.81. The lowest BCUT2D eigenvalue weighted by molar-refractivity contribution is -0.385. The molecule has 0 saturated heterocycles. The molecule has 0 bridgehead atoms. The molecule has 128 valence electrons. The van der Waals surface area contributed by atoms with Crippen molar-refractivity contribution >= 4 is 22.3 Å². The standard InChI is InChI=1S/C17H16N4O4/c1-24-9-8-18-16-15(21(22)23)17(20-11-19-16)25-14-7-6-12-4-2-3-5-13(12)10-14/h2-7,10-11H,8-9H2,1H3,(H,18,19,20). The predicted molar refractivity (Wildman–Crippen MR) is 93.1 cm³/mol. The van der Waals surface area contributed by atoms with Gasteiger partial charge >= 0.3 is 11.6 Å². The number of anilines is 1. The topological polar surface area (TPSA) is 99.4 Å². The highest BCUT2D eigenvalue weighted by molar-refractivity contribution is 5.83. The number of benzene rings is 2. The minimum atomic E-state index is -0.564. The molecule has 0 saturated carbocycles. The van der Waals surface area contributed by atoms with Gasteiger partial charge in [0.2, 0.25) is 5.82 Å². The van der Waals surface area contributed by atoms with E-state index in [-0.39, 0.29) is 17.4 Å². The first-order chi connectivity index (χ1) is 12.2. The molecular formula is C17H16N4O4. The number of fused-ring (bicyclic) bond motifs is 1. The molecule has 0 atom stereocenters. The average Bonchev–Trinajstić information content (AvgIpc) is 2.62. The maximum absolute atomic E-state index is 11.5. The van der Waals surface area contributed by atoms with Gasteiger partial charge in [-0.2, -0.15) is 4.98 Å². The summed E-state index contributed by atoms with van der Waals surface area (Å²) >= 11 is 0. The zero-order chi connectivity index (χ0) is 17.6. The SMILES string of the molecule is COCCNc1ncnc(Oc2ccc3ccccc3c2)c1[N+](=O)[O-]. The first-order valence-electron chi connectivity index (χ1n) is 7.58. The van der Waals surface area contributed by atoms with Crippen molar-refractivity contribution in [3.05, 3.63) is 58.9 Å². The van der Waals surface area contributed by atoms with Gasteiger partial charge < -0.3 is 14.8 Å². The van der Waals surface area contributed by atoms with Crippen LogP contribution in [0, 0.1) is 10.1 Å². The molecule has 0 amide bonds. The lowest BCUT2D eigenvalue weighted by atomic mass is 10.1. The molecule has 0 aliphatic carbocycles. The molecule has 0 fully saturated rings. The maximum atomic E-state index is 11.5. The van der Waals surface area contributed by atoms with Crippen LogP contribution < -0.4 is 10.1 Å². The Labute approximate surface area is 143 Å². The van der Waals surface area contributed by atoms with Crippen LogP contribution in [-0.4, -0.2) is 35.2 Å². The second-order valence-electron chi connectivity index (χ2n) is 5.16. The minimum absolute atomic E-state index is 0.0906. The third-order valence-electron chi connectivity index (χ3n) is 3.51. The van der Waals surface area contributed by atoms with Gasteiger partial charge in [-0.05, 0) is 22.9 Å². The first-order valence-corrected chi connectivity index (χ1v) is 7.58. The van der Waals surface area contributed by atoms with Gasteiger partial charge in [-0.15, -0.1) is 0 Å². The van der Waals surface area contributed by atoms with E-state index in [4.69, 9.17) is 9.47 Å². The summed E-state index contributed by atoms with van der Waals surface area (Å²) in [7, 11) is 1.55. The largest absolute Gasteiger partial charge is 0.434 e. The lowest BCUT2D eigenvalue weighted by Crippen LogP contribution is -2.11. The Morgan fingerprint density at radius 2 is 1.96 bits per heavy atom. The van der Waals surface area contributed by atoms with Crippen LogP contribution in [0.3, 0.4) is 0 Å². The second kappa shape index (κ2) is 7.54. The van der Waals surface area contributed by atoms with Crippen LogP contribution in [-0.2, 0) is 4.74 Å². The van der Waals surface area contributed by atoms with Gasteiger partial charge in [0, 0.05) is 13.7 Å². The Morgan fingerprint density at radius 1 is 1.16 bits per heavy atom. The van der Waals surface area contributed by atoms with Crippen molar-refractivity contribution in [2.75, 3.05) is 25.6 Å². The quantitative estimate of drug-likeness (QED) is 0.400. The summed E-state index contributed by atoms with van der Waals surface area (Å²) in [5.74, 6) is 0.436. The number of rotatable bonds is 7. The van der Waals surface area contributed by atoms with Crippen LogP contribution in [0.25, 0.3) is 10.8 Å². The zero-order valence-electron chi connectivity index (χ0n) is 13.5. The van der Waals surface area contributed by atoms with E-state index in [1.54, 1.807) is 19.2 Å². The summed E-state index contributed by atoms with van der Waals surface area (Å²) in [4.78, 5) is 18.7. The van der Waals surface area contributed by atoms with Crippen LogP contribution in [0.4, 0.5) is 11.5 Å². The fourth-order valence-corrected chi connectivity index (χ4v) is 2.35. The Balaban J connectivity index is 1.92. The summed E-state index contributed by atoms with van der Waals surface area (Å²) in [5, 5.41) is 16.3. The third-order valence-corrected chi connectivity index (χ3v) is 3.51. The van der Waals surface area contributed by atoms with E-state index >= 15 is 0 Å². The molecule has 1 aromatic heterocycles. The van der Waals surface area contributed by atoms with Crippen molar-refractivity contribution < 1.29 is 14.4 Å². The number of hydrogen-bond donors (Lipinski definition) is 1. The van der Waals surface area contributed by atoms with Gasteiger partial charge in [-0.3, -0.25) is 10.1 Å². The van der Waals surface area contributed by atoms with Crippen molar-refractivity contribution in [1.82, 2.24) is 9.97 Å². The Kier molecular flexibility index (Phi) is 5.00. The highest BCUT2D eigenvalue weighted by atomic mass is 16.6. The van der Waals surface area contributed by atoms with E-state index in [0.717, 1.165) is 10.8 Å². The molecular weight excluding hydrogens is 324 g/mol. The molecule has 25 heavy (non-hydrogen) atoms. The van der Waals surface area contributed by atoms with E-state index in [2.05, 4.69) is 15.3 Å². The number of hydrogen-bond acceptors (Lipinski definition) is 7. The summed E-state index contributed by atoms with van der Waals surface area (Å²) in [6.07, 6.45) is 1.22. The van der Waals surface area contributed by atoms with E-state index in [1.807, 2.05) is 30.3 Å². The molecule has 3 aromatic rings. The van der Waals surface area contributed by atoms with Crippen LogP contribution in [0.1, 0.15) is 0 Å². The van der Waals surface area contributed by atoms with Crippen LogP contribution in [0.15, 0.2) is 48.8 Å². The van der Waals surface area contributed by atoms with Gasteiger partial charge in [-0.1, -0.05) is 30.3 Å². The monoisotopic (exact) mass is 340 g/mol. The van der Waals surface area contributed by atoms with Crippen molar-refractivity contribution in [3.8, 4) is 11.6 Å².